The molecule has 2 amide bonds. The summed E-state index contributed by atoms with van der Waals surface area (Å²) in [5.41, 5.74) is 2.92. The molecule has 2 aliphatic rings. The largest absolute Gasteiger partial charge is 0.493 e. The molecule has 3 heterocycles. The number of methoxy groups -OCH3 is 2. The summed E-state index contributed by atoms with van der Waals surface area (Å²) < 4.78 is 10.7. The number of benzene rings is 2. The summed E-state index contributed by atoms with van der Waals surface area (Å²) in [6, 6.07) is 12.8. The lowest BCUT2D eigenvalue weighted by atomic mass is 10.1. The van der Waals surface area contributed by atoms with Crippen LogP contribution in [0.5, 0.6) is 11.5 Å². The number of aromatic nitrogens is 2. The Bertz CT molecular complexity index is 1240. The maximum absolute atomic E-state index is 12.5. The molecular weight excluding hydrogens is 470 g/mol. The monoisotopic (exact) mass is 501 g/mol. The predicted molar refractivity (Wildman–Crippen MR) is 140 cm³/mol. The molecule has 1 fully saturated rings. The van der Waals surface area contributed by atoms with E-state index in [9.17, 15) is 9.59 Å². The maximum Gasteiger partial charge on any atom is 0.261 e. The highest BCUT2D eigenvalue weighted by atomic mass is 16.5. The third-order valence-corrected chi connectivity index (χ3v) is 6.99. The highest BCUT2D eigenvalue weighted by Crippen LogP contribution is 2.32. The molecule has 0 saturated carbocycles. The van der Waals surface area contributed by atoms with Crippen LogP contribution in [0.15, 0.2) is 54.9 Å². The first-order valence-corrected chi connectivity index (χ1v) is 12.6. The molecule has 9 heteroatoms. The molecule has 0 aliphatic carbocycles. The van der Waals surface area contributed by atoms with Gasteiger partial charge in [-0.15, -0.1) is 0 Å². The van der Waals surface area contributed by atoms with Gasteiger partial charge in [0.15, 0.2) is 11.5 Å². The van der Waals surface area contributed by atoms with E-state index in [2.05, 4.69) is 19.8 Å². The Kier molecular flexibility index (Phi) is 7.32. The van der Waals surface area contributed by atoms with Crippen molar-refractivity contribution in [1.82, 2.24) is 19.8 Å². The van der Waals surface area contributed by atoms with Crippen LogP contribution in [0.2, 0.25) is 0 Å². The number of imide groups is 1. The first-order chi connectivity index (χ1) is 18.1. The van der Waals surface area contributed by atoms with E-state index in [-0.39, 0.29) is 11.8 Å². The minimum Gasteiger partial charge on any atom is -0.493 e. The lowest BCUT2D eigenvalue weighted by Crippen LogP contribution is -2.47. The molecule has 0 spiro atoms. The summed E-state index contributed by atoms with van der Waals surface area (Å²) in [4.78, 5) is 40.2. The van der Waals surface area contributed by atoms with Gasteiger partial charge >= 0.3 is 0 Å². The van der Waals surface area contributed by atoms with Gasteiger partial charge in [0.1, 0.15) is 0 Å². The van der Waals surface area contributed by atoms with E-state index in [1.807, 2.05) is 30.6 Å². The second kappa shape index (κ2) is 11.0. The van der Waals surface area contributed by atoms with Crippen LogP contribution in [0, 0.1) is 0 Å². The Morgan fingerprint density at radius 1 is 0.757 bits per heavy atom. The molecule has 2 aliphatic heterocycles. The third kappa shape index (κ3) is 5.13. The Hall–Kier alpha value is -3.98. The number of hydrogen-bond acceptors (Lipinski definition) is 8. The molecule has 1 saturated heterocycles. The van der Waals surface area contributed by atoms with Crippen LogP contribution in [0.4, 0.5) is 5.95 Å². The van der Waals surface area contributed by atoms with Crippen LogP contribution < -0.4 is 14.4 Å². The lowest BCUT2D eigenvalue weighted by Gasteiger charge is -2.34. The van der Waals surface area contributed by atoms with Crippen molar-refractivity contribution in [3.63, 3.8) is 0 Å². The fraction of sp³-hybridized carbons (Fsp3) is 0.357. The molecule has 0 atom stereocenters. The number of amides is 2. The Morgan fingerprint density at radius 2 is 1.38 bits per heavy atom. The van der Waals surface area contributed by atoms with Crippen molar-refractivity contribution in [3.05, 3.63) is 66.0 Å². The standard InChI is InChI=1S/C28H31N5O4/c1-36-24-10-9-20(17-25(24)37-2)21-18-29-28(30-19-21)32-15-13-31(14-16-32)11-5-6-12-33-26(34)22-7-3-4-8-23(22)27(33)35/h3-4,7-10,17-19H,5-6,11-16H2,1-2H3. The summed E-state index contributed by atoms with van der Waals surface area (Å²) in [5.74, 6) is 1.74. The number of nitrogens with zero attached hydrogens (tertiary/aromatic N) is 5. The zero-order chi connectivity index (χ0) is 25.8. The summed E-state index contributed by atoms with van der Waals surface area (Å²) >= 11 is 0. The molecule has 1 aromatic heterocycles. The van der Waals surface area contributed by atoms with Crippen LogP contribution >= 0.6 is 0 Å². The van der Waals surface area contributed by atoms with Gasteiger partial charge in [-0.1, -0.05) is 18.2 Å². The van der Waals surface area contributed by atoms with Crippen LogP contribution in [0.3, 0.4) is 0 Å². The number of ether oxygens (including phenoxy) is 2. The van der Waals surface area contributed by atoms with Crippen molar-refractivity contribution >= 4 is 17.8 Å². The molecular formula is C28H31N5O4. The van der Waals surface area contributed by atoms with Gasteiger partial charge in [0.05, 0.1) is 25.3 Å². The summed E-state index contributed by atoms with van der Waals surface area (Å²) in [6.07, 6.45) is 5.42. The van der Waals surface area contributed by atoms with Gasteiger partial charge < -0.3 is 14.4 Å². The SMILES string of the molecule is COc1ccc(-c2cnc(N3CCN(CCCCN4C(=O)c5ccccc5C4=O)CC3)nc2)cc1OC. The van der Waals surface area contributed by atoms with Crippen LogP contribution in [-0.4, -0.2) is 85.1 Å². The van der Waals surface area contributed by atoms with E-state index in [1.165, 1.54) is 4.90 Å². The number of rotatable bonds is 9. The minimum atomic E-state index is -0.175. The normalized spacial score (nSPS) is 15.7. The number of hydrogen-bond donors (Lipinski definition) is 0. The van der Waals surface area contributed by atoms with Crippen molar-refractivity contribution in [3.8, 4) is 22.6 Å². The first kappa shape index (κ1) is 24.7. The Labute approximate surface area is 216 Å². The molecule has 3 aromatic rings. The van der Waals surface area contributed by atoms with Gasteiger partial charge in [0.2, 0.25) is 5.95 Å². The number of anilines is 1. The number of fused-ring (bicyclic) bond motifs is 1. The van der Waals surface area contributed by atoms with Crippen molar-refractivity contribution < 1.29 is 19.1 Å². The van der Waals surface area contributed by atoms with E-state index in [1.54, 1.807) is 38.5 Å². The summed E-state index contributed by atoms with van der Waals surface area (Å²) in [7, 11) is 3.24. The predicted octanol–water partition coefficient (Wildman–Crippen LogP) is 3.36. The average molecular weight is 502 g/mol. The van der Waals surface area contributed by atoms with Gasteiger partial charge in [0, 0.05) is 50.7 Å². The van der Waals surface area contributed by atoms with Gasteiger partial charge in [-0.2, -0.15) is 0 Å². The van der Waals surface area contributed by atoms with E-state index < -0.39 is 0 Å². The number of carbonyl (C=O) groups excluding carboxylic acids is 2. The highest BCUT2D eigenvalue weighted by molar-refractivity contribution is 6.21. The van der Waals surface area contributed by atoms with Crippen LogP contribution in [-0.2, 0) is 0 Å². The van der Waals surface area contributed by atoms with Crippen LogP contribution in [0.1, 0.15) is 33.6 Å². The number of carbonyl (C=O) groups is 2. The smallest absolute Gasteiger partial charge is 0.261 e. The molecule has 5 rings (SSSR count). The second-order valence-electron chi connectivity index (χ2n) is 9.18. The van der Waals surface area contributed by atoms with Gasteiger partial charge in [-0.25, -0.2) is 9.97 Å². The molecule has 192 valence electrons. The lowest BCUT2D eigenvalue weighted by molar-refractivity contribution is 0.0650. The Morgan fingerprint density at radius 3 is 2.00 bits per heavy atom. The van der Waals surface area contributed by atoms with E-state index in [0.29, 0.717) is 29.2 Å². The molecule has 0 radical (unpaired) electrons. The van der Waals surface area contributed by atoms with Gasteiger partial charge in [0.25, 0.3) is 11.8 Å². The fourth-order valence-corrected chi connectivity index (χ4v) is 4.87. The number of piperazine rings is 1. The van der Waals surface area contributed by atoms with Gasteiger partial charge in [-0.05, 0) is 49.2 Å². The third-order valence-electron chi connectivity index (χ3n) is 6.99. The van der Waals surface area contributed by atoms with Crippen molar-refractivity contribution in [1.29, 1.82) is 0 Å². The summed E-state index contributed by atoms with van der Waals surface area (Å²) in [6.45, 7) is 4.96. The first-order valence-electron chi connectivity index (χ1n) is 12.6. The summed E-state index contributed by atoms with van der Waals surface area (Å²) in [5, 5.41) is 0. The molecule has 0 bridgehead atoms. The minimum absolute atomic E-state index is 0.175. The molecule has 0 unspecified atom stereocenters. The van der Waals surface area contributed by atoms with Crippen LogP contribution in [0.25, 0.3) is 11.1 Å². The fourth-order valence-electron chi connectivity index (χ4n) is 4.87. The highest BCUT2D eigenvalue weighted by Gasteiger charge is 2.34. The van der Waals surface area contributed by atoms with E-state index >= 15 is 0 Å². The maximum atomic E-state index is 12.5. The van der Waals surface area contributed by atoms with E-state index in [0.717, 1.165) is 62.6 Å². The average Bonchev–Trinajstić information content (AvgIpc) is 3.20. The zero-order valence-electron chi connectivity index (χ0n) is 21.2. The van der Waals surface area contributed by atoms with Crippen molar-refractivity contribution in [2.24, 2.45) is 0 Å². The van der Waals surface area contributed by atoms with Gasteiger partial charge in [-0.3, -0.25) is 19.4 Å². The zero-order valence-corrected chi connectivity index (χ0v) is 21.2. The Balaban J connectivity index is 1.07. The quantitative estimate of drug-likeness (QED) is 0.326. The molecule has 2 aromatic carbocycles. The molecule has 9 nitrogen and oxygen atoms in total. The topological polar surface area (TPSA) is 88.1 Å². The van der Waals surface area contributed by atoms with Crippen molar-refractivity contribution in [2.75, 3.05) is 58.4 Å². The second-order valence-corrected chi connectivity index (χ2v) is 9.18. The molecule has 37 heavy (non-hydrogen) atoms. The molecule has 0 N–H and O–H groups in total. The van der Waals surface area contributed by atoms with Crippen molar-refractivity contribution in [2.45, 2.75) is 12.8 Å². The van der Waals surface area contributed by atoms with E-state index in [4.69, 9.17) is 9.47 Å². The number of unbranched alkanes of at least 4 members (excludes halogenated alkanes) is 1.